The highest BCUT2D eigenvalue weighted by atomic mass is 35.5. The minimum Gasteiger partial charge on any atom is -0.364 e. The third-order valence-electron chi connectivity index (χ3n) is 2.77. The fraction of sp³-hybridized carbons (Fsp3) is 0.500. The van der Waals surface area contributed by atoms with Crippen LogP contribution >= 0.6 is 12.4 Å². The lowest BCUT2D eigenvalue weighted by atomic mass is 10.2. The Morgan fingerprint density at radius 3 is 2.70 bits per heavy atom. The summed E-state index contributed by atoms with van der Waals surface area (Å²) in [5.41, 5.74) is 1.98. The maximum absolute atomic E-state index is 12.4. The van der Waals surface area contributed by atoms with E-state index < -0.39 is 6.55 Å². The number of hydrogen-bond donors (Lipinski definition) is 1. The Morgan fingerprint density at radius 2 is 2.10 bits per heavy atom. The number of nitrogens with one attached hydrogen (secondary N) is 1. The minimum atomic E-state index is -2.61. The fourth-order valence-electron chi connectivity index (χ4n) is 1.80. The van der Waals surface area contributed by atoms with Crippen LogP contribution in [0.4, 0.5) is 14.6 Å². The summed E-state index contributed by atoms with van der Waals surface area (Å²) in [7, 11) is 0. The van der Waals surface area contributed by atoms with Gasteiger partial charge in [0.05, 0.1) is 5.69 Å². The monoisotopic (exact) mass is 305 g/mol. The van der Waals surface area contributed by atoms with Gasteiger partial charge in [0.1, 0.15) is 5.82 Å². The van der Waals surface area contributed by atoms with Crippen molar-refractivity contribution in [2.24, 2.45) is 0 Å². The predicted molar refractivity (Wildman–Crippen MR) is 75.3 cm³/mol. The molecule has 1 N–H and O–H groups in total. The van der Waals surface area contributed by atoms with Gasteiger partial charge in [-0.2, -0.15) is 19.0 Å². The molecule has 0 aliphatic carbocycles. The van der Waals surface area contributed by atoms with Crippen molar-refractivity contribution < 1.29 is 8.78 Å². The molecule has 0 saturated heterocycles. The average molecular weight is 306 g/mol. The fourth-order valence-corrected chi connectivity index (χ4v) is 1.80. The zero-order valence-corrected chi connectivity index (χ0v) is 12.2. The molecule has 8 heteroatoms. The van der Waals surface area contributed by atoms with E-state index in [2.05, 4.69) is 22.4 Å². The Hall–Kier alpha value is -1.63. The van der Waals surface area contributed by atoms with Crippen molar-refractivity contribution in [3.63, 3.8) is 0 Å². The normalized spacial score (nSPS) is 10.7. The van der Waals surface area contributed by atoms with E-state index in [0.29, 0.717) is 17.0 Å². The van der Waals surface area contributed by atoms with Crippen LogP contribution in [0, 0.1) is 6.92 Å². The zero-order valence-electron chi connectivity index (χ0n) is 11.4. The van der Waals surface area contributed by atoms with Gasteiger partial charge in [-0.1, -0.05) is 6.92 Å². The number of nitrogens with zero attached hydrogens (tertiary/aromatic N) is 4. The number of aromatic nitrogens is 4. The number of anilines is 1. The summed E-state index contributed by atoms with van der Waals surface area (Å²) in [4.78, 5) is 0. The van der Waals surface area contributed by atoms with Crippen molar-refractivity contribution in [1.29, 1.82) is 0 Å². The van der Waals surface area contributed by atoms with Crippen LogP contribution in [0.2, 0.25) is 0 Å². The highest BCUT2D eigenvalue weighted by molar-refractivity contribution is 5.85. The number of aryl methyl sites for hydroxylation is 2. The first kappa shape index (κ1) is 16.4. The Kier molecular flexibility index (Phi) is 5.94. The first-order chi connectivity index (χ1) is 9.10. The van der Waals surface area contributed by atoms with Crippen molar-refractivity contribution in [3.05, 3.63) is 29.7 Å². The summed E-state index contributed by atoms with van der Waals surface area (Å²) in [5.74, 6) is 0.433. The Balaban J connectivity index is 0.00000200. The molecule has 0 spiro atoms. The van der Waals surface area contributed by atoms with Crippen LogP contribution in [-0.4, -0.2) is 19.6 Å². The number of alkyl halides is 2. The second-order valence-electron chi connectivity index (χ2n) is 4.32. The Morgan fingerprint density at radius 1 is 1.35 bits per heavy atom. The second-order valence-corrected chi connectivity index (χ2v) is 4.32. The average Bonchev–Trinajstić information content (AvgIpc) is 2.94. The third kappa shape index (κ3) is 3.93. The smallest absolute Gasteiger partial charge is 0.333 e. The maximum atomic E-state index is 12.4. The topological polar surface area (TPSA) is 47.7 Å². The van der Waals surface area contributed by atoms with Gasteiger partial charge in [0.15, 0.2) is 0 Å². The quantitative estimate of drug-likeness (QED) is 0.891. The molecule has 2 aromatic heterocycles. The molecule has 0 radical (unpaired) electrons. The summed E-state index contributed by atoms with van der Waals surface area (Å²) in [6.07, 6.45) is 4.24. The molecule has 0 aromatic carbocycles. The van der Waals surface area contributed by atoms with Gasteiger partial charge >= 0.3 is 6.55 Å². The highest BCUT2D eigenvalue weighted by Gasteiger charge is 2.08. The Labute approximate surface area is 122 Å². The maximum Gasteiger partial charge on any atom is 0.333 e. The van der Waals surface area contributed by atoms with Gasteiger partial charge in [-0.3, -0.25) is 4.68 Å². The van der Waals surface area contributed by atoms with E-state index in [9.17, 15) is 8.78 Å². The molecule has 2 heterocycles. The van der Waals surface area contributed by atoms with Crippen LogP contribution in [0.15, 0.2) is 18.5 Å². The van der Waals surface area contributed by atoms with Crippen molar-refractivity contribution in [1.82, 2.24) is 19.6 Å². The number of rotatable bonds is 6. The molecule has 112 valence electrons. The van der Waals surface area contributed by atoms with Crippen LogP contribution in [0.5, 0.6) is 0 Å². The highest BCUT2D eigenvalue weighted by Crippen LogP contribution is 2.13. The predicted octanol–water partition coefficient (Wildman–Crippen LogP) is 3.23. The first-order valence-corrected chi connectivity index (χ1v) is 6.20. The molecule has 0 fully saturated rings. The molecular formula is C12H18ClF2N5. The molecular weight excluding hydrogens is 288 g/mol. The van der Waals surface area contributed by atoms with E-state index in [4.69, 9.17) is 0 Å². The lowest BCUT2D eigenvalue weighted by molar-refractivity contribution is 0.0569. The van der Waals surface area contributed by atoms with E-state index >= 15 is 0 Å². The molecule has 0 amide bonds. The van der Waals surface area contributed by atoms with Gasteiger partial charge in [-0.15, -0.1) is 12.4 Å². The van der Waals surface area contributed by atoms with Gasteiger partial charge in [-0.25, -0.2) is 4.68 Å². The summed E-state index contributed by atoms with van der Waals surface area (Å²) >= 11 is 0. The lowest BCUT2D eigenvalue weighted by Crippen LogP contribution is -2.03. The van der Waals surface area contributed by atoms with E-state index in [-0.39, 0.29) is 12.4 Å². The summed E-state index contributed by atoms with van der Waals surface area (Å²) in [5, 5.41) is 11.1. The lowest BCUT2D eigenvalue weighted by Gasteiger charge is -2.01. The molecule has 5 nitrogen and oxygen atoms in total. The molecule has 0 aliphatic rings. The number of hydrogen-bond acceptors (Lipinski definition) is 3. The van der Waals surface area contributed by atoms with E-state index in [1.807, 2.05) is 17.8 Å². The summed E-state index contributed by atoms with van der Waals surface area (Å²) in [6, 6.07) is 1.53. The Bertz CT molecular complexity index is 538. The third-order valence-corrected chi connectivity index (χ3v) is 2.77. The number of halogens is 3. The van der Waals surface area contributed by atoms with Gasteiger partial charge in [0.25, 0.3) is 0 Å². The van der Waals surface area contributed by atoms with Gasteiger partial charge in [-0.05, 0) is 13.3 Å². The summed E-state index contributed by atoms with van der Waals surface area (Å²) < 4.78 is 27.2. The van der Waals surface area contributed by atoms with Gasteiger partial charge < -0.3 is 5.32 Å². The van der Waals surface area contributed by atoms with E-state index in [0.717, 1.165) is 24.2 Å². The first-order valence-electron chi connectivity index (χ1n) is 6.20. The van der Waals surface area contributed by atoms with Crippen molar-refractivity contribution in [2.75, 3.05) is 5.32 Å². The van der Waals surface area contributed by atoms with E-state index in [1.165, 1.54) is 12.3 Å². The summed E-state index contributed by atoms with van der Waals surface area (Å²) in [6.45, 7) is 2.81. The molecule has 0 aliphatic heterocycles. The molecule has 0 saturated carbocycles. The van der Waals surface area contributed by atoms with Crippen LogP contribution in [0.3, 0.4) is 0 Å². The SMILES string of the molecule is CCCn1cc(CNc2ccn(C(F)F)n2)c(C)n1.Cl. The molecule has 0 unspecified atom stereocenters. The standard InChI is InChI=1S/C12H17F2N5.ClH/c1-3-5-18-8-10(9(2)16-18)7-15-11-4-6-19(17-11)12(13)14;/h4,6,8,12H,3,5,7H2,1-2H3,(H,15,17);1H. The largest absolute Gasteiger partial charge is 0.364 e. The molecule has 20 heavy (non-hydrogen) atoms. The zero-order chi connectivity index (χ0) is 13.8. The van der Waals surface area contributed by atoms with Crippen LogP contribution in [0.25, 0.3) is 0 Å². The molecule has 0 bridgehead atoms. The second kappa shape index (κ2) is 7.23. The van der Waals surface area contributed by atoms with Gasteiger partial charge in [0, 0.05) is 37.1 Å². The van der Waals surface area contributed by atoms with Gasteiger partial charge in [0.2, 0.25) is 0 Å². The van der Waals surface area contributed by atoms with Crippen molar-refractivity contribution in [2.45, 2.75) is 39.9 Å². The van der Waals surface area contributed by atoms with Crippen molar-refractivity contribution in [3.8, 4) is 0 Å². The van der Waals surface area contributed by atoms with Crippen LogP contribution in [0.1, 0.15) is 31.2 Å². The van der Waals surface area contributed by atoms with Crippen LogP contribution < -0.4 is 5.32 Å². The van der Waals surface area contributed by atoms with Crippen molar-refractivity contribution >= 4 is 18.2 Å². The van der Waals surface area contributed by atoms with E-state index in [1.54, 1.807) is 0 Å². The minimum absolute atomic E-state index is 0. The molecule has 2 rings (SSSR count). The molecule has 2 aromatic rings. The molecule has 0 atom stereocenters. The van der Waals surface area contributed by atoms with Crippen LogP contribution in [-0.2, 0) is 13.1 Å².